The Morgan fingerprint density at radius 3 is 2.30 bits per heavy atom. The third-order valence-corrected chi connectivity index (χ3v) is 3.95. The molecule has 0 aliphatic carbocycles. The minimum absolute atomic E-state index is 0.254. The van der Waals surface area contributed by atoms with Crippen LogP contribution in [-0.2, 0) is 14.2 Å². The van der Waals surface area contributed by atoms with Crippen molar-refractivity contribution < 1.29 is 33.9 Å². The maximum atomic E-state index is 10.5. The summed E-state index contributed by atoms with van der Waals surface area (Å²) in [5, 5.41) is 20.0. The van der Waals surface area contributed by atoms with E-state index in [0.29, 0.717) is 11.5 Å². The van der Waals surface area contributed by atoms with Crippen LogP contribution in [-0.4, -0.2) is 60.4 Å². The van der Waals surface area contributed by atoms with E-state index >= 15 is 0 Å². The summed E-state index contributed by atoms with van der Waals surface area (Å²) in [6, 6.07) is 6.92. The molecule has 0 amide bonds. The summed E-state index contributed by atoms with van der Waals surface area (Å²) in [6.45, 7) is 3.26. The van der Waals surface area contributed by atoms with Crippen LogP contribution in [0.15, 0.2) is 24.3 Å². The van der Waals surface area contributed by atoms with Gasteiger partial charge in [0.05, 0.1) is 13.7 Å². The highest BCUT2D eigenvalue weighted by atomic mass is 16.8. The lowest BCUT2D eigenvalue weighted by Crippen LogP contribution is -2.58. The second-order valence-electron chi connectivity index (χ2n) is 6.07. The summed E-state index contributed by atoms with van der Waals surface area (Å²) in [4.78, 5) is 0. The van der Waals surface area contributed by atoms with Crippen molar-refractivity contribution >= 4 is 0 Å². The summed E-state index contributed by atoms with van der Waals surface area (Å²) in [5.74, 6) is 0.371. The van der Waals surface area contributed by atoms with Gasteiger partial charge in [-0.1, -0.05) is 0 Å². The summed E-state index contributed by atoms with van der Waals surface area (Å²) < 4.78 is 27.9. The number of rotatable bonds is 4. The number of methoxy groups -OCH3 is 1. The van der Waals surface area contributed by atoms with Gasteiger partial charge in [0, 0.05) is 0 Å². The van der Waals surface area contributed by atoms with Crippen molar-refractivity contribution in [3.05, 3.63) is 24.3 Å². The van der Waals surface area contributed by atoms with Crippen molar-refractivity contribution in [2.24, 2.45) is 0 Å². The van der Waals surface area contributed by atoms with Gasteiger partial charge in [-0.25, -0.2) is 0 Å². The highest BCUT2D eigenvalue weighted by molar-refractivity contribution is 5.31. The Labute approximate surface area is 134 Å². The van der Waals surface area contributed by atoms with Crippen molar-refractivity contribution in [3.63, 3.8) is 0 Å². The predicted octanol–water partition coefficient (Wildman–Crippen LogP) is 0.672. The first-order chi connectivity index (χ1) is 10.9. The molecule has 2 heterocycles. The van der Waals surface area contributed by atoms with Crippen molar-refractivity contribution in [1.82, 2.24) is 0 Å². The number of hydrogen-bond acceptors (Lipinski definition) is 7. The second-order valence-corrected chi connectivity index (χ2v) is 6.07. The highest BCUT2D eigenvalue weighted by Crippen LogP contribution is 2.38. The third kappa shape index (κ3) is 3.29. The monoisotopic (exact) mass is 326 g/mol. The Balaban J connectivity index is 1.74. The molecule has 2 N–H and O–H groups in total. The molecule has 0 aromatic heterocycles. The zero-order chi connectivity index (χ0) is 16.6. The minimum atomic E-state index is -1.04. The van der Waals surface area contributed by atoms with Crippen molar-refractivity contribution in [2.75, 3.05) is 13.7 Å². The van der Waals surface area contributed by atoms with Crippen LogP contribution in [0.2, 0.25) is 0 Å². The molecule has 0 radical (unpaired) electrons. The molecule has 2 aliphatic heterocycles. The van der Waals surface area contributed by atoms with E-state index in [1.165, 1.54) is 0 Å². The molecule has 1 aromatic carbocycles. The quantitative estimate of drug-likeness (QED) is 0.841. The Morgan fingerprint density at radius 1 is 1.09 bits per heavy atom. The van der Waals surface area contributed by atoms with E-state index in [1.807, 2.05) is 0 Å². The van der Waals surface area contributed by atoms with Gasteiger partial charge in [-0.15, -0.1) is 0 Å². The van der Waals surface area contributed by atoms with E-state index in [-0.39, 0.29) is 6.61 Å². The topological polar surface area (TPSA) is 86.6 Å². The van der Waals surface area contributed by atoms with E-state index in [1.54, 1.807) is 45.2 Å². The molecule has 5 unspecified atom stereocenters. The van der Waals surface area contributed by atoms with Gasteiger partial charge in [0.15, 0.2) is 5.79 Å². The second kappa shape index (κ2) is 6.26. The first-order valence-electron chi connectivity index (χ1n) is 7.54. The number of aliphatic hydroxyl groups is 2. The van der Waals surface area contributed by atoms with Crippen LogP contribution in [0, 0.1) is 0 Å². The van der Waals surface area contributed by atoms with E-state index in [2.05, 4.69) is 0 Å². The third-order valence-electron chi connectivity index (χ3n) is 3.95. The number of fused-ring (bicyclic) bond motifs is 1. The number of hydrogen-bond donors (Lipinski definition) is 2. The minimum Gasteiger partial charge on any atom is -0.497 e. The molecule has 128 valence electrons. The molecule has 2 saturated heterocycles. The summed E-state index contributed by atoms with van der Waals surface area (Å²) in [6.07, 6.45) is -3.79. The van der Waals surface area contributed by atoms with Crippen LogP contribution < -0.4 is 9.47 Å². The van der Waals surface area contributed by atoms with Gasteiger partial charge in [0.1, 0.15) is 35.9 Å². The Bertz CT molecular complexity index is 530. The SMILES string of the molecule is COc1ccc(OC2OC(CO)C3OC(C)(C)OC3C2O)cc1. The van der Waals surface area contributed by atoms with E-state index < -0.39 is 36.5 Å². The smallest absolute Gasteiger partial charge is 0.229 e. The number of benzene rings is 1. The molecular formula is C16H22O7. The molecule has 7 nitrogen and oxygen atoms in total. The average Bonchev–Trinajstić information content (AvgIpc) is 2.87. The Hall–Kier alpha value is -1.38. The standard InChI is InChI=1S/C16H22O7/c1-16(2)22-13-11(8-17)21-15(12(18)14(13)23-16)20-10-6-4-9(19-3)5-7-10/h4-7,11-15,17-18H,8H2,1-3H3. The molecule has 0 spiro atoms. The van der Waals surface area contributed by atoms with Crippen LogP contribution in [0.4, 0.5) is 0 Å². The highest BCUT2D eigenvalue weighted by Gasteiger charge is 2.55. The Morgan fingerprint density at radius 2 is 1.70 bits per heavy atom. The molecule has 0 bridgehead atoms. The zero-order valence-corrected chi connectivity index (χ0v) is 13.3. The van der Waals surface area contributed by atoms with E-state index in [0.717, 1.165) is 0 Å². The first kappa shape index (κ1) is 16.5. The number of aliphatic hydroxyl groups excluding tert-OH is 2. The van der Waals surface area contributed by atoms with Crippen LogP contribution in [0.3, 0.4) is 0 Å². The molecule has 1 aromatic rings. The maximum Gasteiger partial charge on any atom is 0.229 e. The maximum absolute atomic E-state index is 10.5. The van der Waals surface area contributed by atoms with Gasteiger partial charge in [0.25, 0.3) is 0 Å². The molecular weight excluding hydrogens is 304 g/mol. The van der Waals surface area contributed by atoms with Gasteiger partial charge in [0.2, 0.25) is 6.29 Å². The van der Waals surface area contributed by atoms with Crippen molar-refractivity contribution in [1.29, 1.82) is 0 Å². The lowest BCUT2D eigenvalue weighted by Gasteiger charge is -2.39. The van der Waals surface area contributed by atoms with Crippen LogP contribution in [0.1, 0.15) is 13.8 Å². The largest absolute Gasteiger partial charge is 0.497 e. The lowest BCUT2D eigenvalue weighted by molar-refractivity contribution is -0.254. The van der Waals surface area contributed by atoms with Gasteiger partial charge in [-0.2, -0.15) is 0 Å². The van der Waals surface area contributed by atoms with Crippen LogP contribution in [0.25, 0.3) is 0 Å². The average molecular weight is 326 g/mol. The molecule has 3 rings (SSSR count). The fraction of sp³-hybridized carbons (Fsp3) is 0.625. The van der Waals surface area contributed by atoms with Crippen LogP contribution >= 0.6 is 0 Å². The summed E-state index contributed by atoms with van der Waals surface area (Å²) >= 11 is 0. The molecule has 7 heteroatoms. The summed E-state index contributed by atoms with van der Waals surface area (Å²) in [5.41, 5.74) is 0. The van der Waals surface area contributed by atoms with Gasteiger partial charge in [-0.3, -0.25) is 0 Å². The molecule has 0 saturated carbocycles. The first-order valence-corrected chi connectivity index (χ1v) is 7.54. The fourth-order valence-corrected chi connectivity index (χ4v) is 2.89. The van der Waals surface area contributed by atoms with Gasteiger partial charge in [-0.05, 0) is 38.1 Å². The van der Waals surface area contributed by atoms with Crippen molar-refractivity contribution in [2.45, 2.75) is 50.3 Å². The summed E-state index contributed by atoms with van der Waals surface area (Å²) in [7, 11) is 1.58. The predicted molar refractivity (Wildman–Crippen MR) is 79.2 cm³/mol. The van der Waals surface area contributed by atoms with Gasteiger partial charge >= 0.3 is 0 Å². The zero-order valence-electron chi connectivity index (χ0n) is 13.3. The lowest BCUT2D eigenvalue weighted by atomic mass is 9.99. The molecule has 2 fully saturated rings. The van der Waals surface area contributed by atoms with E-state index in [4.69, 9.17) is 23.7 Å². The molecule has 5 atom stereocenters. The normalized spacial score (nSPS) is 35.6. The fourth-order valence-electron chi connectivity index (χ4n) is 2.89. The molecule has 23 heavy (non-hydrogen) atoms. The number of ether oxygens (including phenoxy) is 5. The van der Waals surface area contributed by atoms with Crippen LogP contribution in [0.5, 0.6) is 11.5 Å². The molecule has 2 aliphatic rings. The Kier molecular flexibility index (Phi) is 4.48. The van der Waals surface area contributed by atoms with Crippen molar-refractivity contribution in [3.8, 4) is 11.5 Å². The van der Waals surface area contributed by atoms with E-state index in [9.17, 15) is 10.2 Å². The van der Waals surface area contributed by atoms with Gasteiger partial charge < -0.3 is 33.9 Å².